The molecule has 0 saturated heterocycles. The van der Waals surface area contributed by atoms with E-state index in [-0.39, 0.29) is 17.3 Å². The SMILES string of the molecule is CC(C)(C)NC(=O)NC(=O)COC(=O)C1CCC(C(C)(C)C)CC1. The first-order chi connectivity index (χ1) is 10.9. The van der Waals surface area contributed by atoms with Crippen molar-refractivity contribution in [2.45, 2.75) is 72.8 Å². The van der Waals surface area contributed by atoms with Crippen molar-refractivity contribution in [3.63, 3.8) is 0 Å². The molecule has 1 saturated carbocycles. The zero-order valence-corrected chi connectivity index (χ0v) is 15.8. The highest BCUT2D eigenvalue weighted by molar-refractivity contribution is 5.95. The minimum atomic E-state index is -0.617. The summed E-state index contributed by atoms with van der Waals surface area (Å²) in [6.45, 7) is 11.7. The van der Waals surface area contributed by atoms with Gasteiger partial charge in [-0.15, -0.1) is 0 Å². The molecule has 0 aromatic carbocycles. The lowest BCUT2D eigenvalue weighted by Crippen LogP contribution is -2.49. The maximum Gasteiger partial charge on any atom is 0.321 e. The maximum atomic E-state index is 12.1. The lowest BCUT2D eigenvalue weighted by atomic mass is 9.70. The van der Waals surface area contributed by atoms with Crippen LogP contribution in [0.25, 0.3) is 0 Å². The van der Waals surface area contributed by atoms with Gasteiger partial charge in [-0.2, -0.15) is 0 Å². The average Bonchev–Trinajstić information content (AvgIpc) is 2.41. The third-order valence-electron chi connectivity index (χ3n) is 4.37. The Morgan fingerprint density at radius 2 is 1.50 bits per heavy atom. The van der Waals surface area contributed by atoms with Crippen LogP contribution >= 0.6 is 0 Å². The lowest BCUT2D eigenvalue weighted by molar-refractivity contribution is -0.153. The Labute approximate surface area is 145 Å². The van der Waals surface area contributed by atoms with Crippen molar-refractivity contribution < 1.29 is 19.1 Å². The molecule has 6 heteroatoms. The Balaban J connectivity index is 2.32. The van der Waals surface area contributed by atoms with Gasteiger partial charge in [0, 0.05) is 5.54 Å². The topological polar surface area (TPSA) is 84.5 Å². The van der Waals surface area contributed by atoms with Gasteiger partial charge in [0.25, 0.3) is 5.91 Å². The monoisotopic (exact) mass is 340 g/mol. The van der Waals surface area contributed by atoms with E-state index in [0.29, 0.717) is 5.92 Å². The summed E-state index contributed by atoms with van der Waals surface area (Å²) in [7, 11) is 0. The van der Waals surface area contributed by atoms with Crippen molar-refractivity contribution >= 4 is 17.9 Å². The summed E-state index contributed by atoms with van der Waals surface area (Å²) in [5.41, 5.74) is -0.179. The maximum absolute atomic E-state index is 12.1. The molecule has 0 atom stereocenters. The second kappa shape index (κ2) is 7.99. The number of rotatable bonds is 3. The number of nitrogens with one attached hydrogen (secondary N) is 2. The van der Waals surface area contributed by atoms with Crippen LogP contribution in [0.15, 0.2) is 0 Å². The molecule has 0 aromatic rings. The Morgan fingerprint density at radius 1 is 0.958 bits per heavy atom. The van der Waals surface area contributed by atoms with Gasteiger partial charge in [0.15, 0.2) is 6.61 Å². The van der Waals surface area contributed by atoms with E-state index in [1.807, 2.05) is 20.8 Å². The van der Waals surface area contributed by atoms with Crippen LogP contribution in [0.3, 0.4) is 0 Å². The smallest absolute Gasteiger partial charge is 0.321 e. The number of hydrogen-bond acceptors (Lipinski definition) is 4. The van der Waals surface area contributed by atoms with E-state index in [0.717, 1.165) is 25.7 Å². The largest absolute Gasteiger partial charge is 0.455 e. The van der Waals surface area contributed by atoms with Gasteiger partial charge in [-0.25, -0.2) is 4.79 Å². The number of amides is 3. The highest BCUT2D eigenvalue weighted by Crippen LogP contribution is 2.40. The molecule has 24 heavy (non-hydrogen) atoms. The third-order valence-corrected chi connectivity index (χ3v) is 4.37. The van der Waals surface area contributed by atoms with Crippen molar-refractivity contribution in [3.05, 3.63) is 0 Å². The summed E-state index contributed by atoms with van der Waals surface area (Å²) in [5, 5.41) is 4.76. The highest BCUT2D eigenvalue weighted by atomic mass is 16.5. The highest BCUT2D eigenvalue weighted by Gasteiger charge is 2.33. The fourth-order valence-electron chi connectivity index (χ4n) is 2.98. The van der Waals surface area contributed by atoms with Gasteiger partial charge in [0.2, 0.25) is 0 Å². The minimum absolute atomic E-state index is 0.139. The summed E-state index contributed by atoms with van der Waals surface area (Å²) in [5.74, 6) is -0.479. The first kappa shape index (κ1) is 20.5. The first-order valence-corrected chi connectivity index (χ1v) is 8.67. The van der Waals surface area contributed by atoms with Crippen LogP contribution in [-0.2, 0) is 14.3 Å². The number of imide groups is 1. The average molecular weight is 340 g/mol. The van der Waals surface area contributed by atoms with Gasteiger partial charge in [-0.05, 0) is 57.8 Å². The molecule has 0 spiro atoms. The molecule has 1 aliphatic rings. The molecule has 0 unspecified atom stereocenters. The standard InChI is InChI=1S/C18H32N2O4/c1-17(2,3)13-9-7-12(8-10-13)15(22)24-11-14(21)19-16(23)20-18(4,5)6/h12-13H,7-11H2,1-6H3,(H2,19,20,21,23). The van der Waals surface area contributed by atoms with Gasteiger partial charge in [0.05, 0.1) is 5.92 Å². The van der Waals surface area contributed by atoms with Crippen LogP contribution in [0, 0.1) is 17.3 Å². The van der Waals surface area contributed by atoms with Crippen molar-refractivity contribution in [3.8, 4) is 0 Å². The molecule has 1 rings (SSSR count). The van der Waals surface area contributed by atoms with Gasteiger partial charge in [-0.3, -0.25) is 14.9 Å². The number of carbonyl (C=O) groups excluding carboxylic acids is 3. The first-order valence-electron chi connectivity index (χ1n) is 8.67. The fourth-order valence-corrected chi connectivity index (χ4v) is 2.98. The number of ether oxygens (including phenoxy) is 1. The molecule has 0 aromatic heterocycles. The predicted octanol–water partition coefficient (Wildman–Crippen LogP) is 3.01. The van der Waals surface area contributed by atoms with Crippen LogP contribution in [0.1, 0.15) is 67.2 Å². The van der Waals surface area contributed by atoms with Crippen molar-refractivity contribution in [1.29, 1.82) is 0 Å². The second-order valence-electron chi connectivity index (χ2n) is 8.77. The Bertz CT molecular complexity index is 466. The molecule has 1 fully saturated rings. The molecule has 1 aliphatic carbocycles. The normalized spacial score (nSPS) is 21.8. The molecule has 0 aliphatic heterocycles. The summed E-state index contributed by atoms with van der Waals surface area (Å²) in [6.07, 6.45) is 3.60. The van der Waals surface area contributed by atoms with Gasteiger partial charge >= 0.3 is 12.0 Å². The van der Waals surface area contributed by atoms with E-state index in [1.165, 1.54) is 0 Å². The van der Waals surface area contributed by atoms with Crippen molar-refractivity contribution in [2.75, 3.05) is 6.61 Å². The van der Waals surface area contributed by atoms with Crippen molar-refractivity contribution in [2.24, 2.45) is 17.3 Å². The Hall–Kier alpha value is -1.59. The van der Waals surface area contributed by atoms with Crippen LogP contribution in [0.2, 0.25) is 0 Å². The van der Waals surface area contributed by atoms with Gasteiger partial charge in [0.1, 0.15) is 0 Å². The molecule has 2 N–H and O–H groups in total. The summed E-state index contributed by atoms with van der Waals surface area (Å²) >= 11 is 0. The van der Waals surface area contributed by atoms with Crippen molar-refractivity contribution in [1.82, 2.24) is 10.6 Å². The van der Waals surface area contributed by atoms with Crippen LogP contribution in [0.5, 0.6) is 0 Å². The molecule has 6 nitrogen and oxygen atoms in total. The lowest BCUT2D eigenvalue weighted by Gasteiger charge is -2.36. The van der Waals surface area contributed by atoms with E-state index >= 15 is 0 Å². The number of hydrogen-bond donors (Lipinski definition) is 2. The zero-order chi connectivity index (χ0) is 18.5. The summed E-state index contributed by atoms with van der Waals surface area (Å²) < 4.78 is 5.06. The molecular formula is C18H32N2O4. The molecule has 0 radical (unpaired) electrons. The second-order valence-corrected chi connectivity index (χ2v) is 8.77. The van der Waals surface area contributed by atoms with E-state index in [2.05, 4.69) is 31.4 Å². The van der Waals surface area contributed by atoms with Crippen LogP contribution in [0.4, 0.5) is 4.79 Å². The Kier molecular flexibility index (Phi) is 6.81. The van der Waals surface area contributed by atoms with Gasteiger partial charge < -0.3 is 10.1 Å². The molecule has 3 amide bonds. The Morgan fingerprint density at radius 3 is 1.96 bits per heavy atom. The molecule has 138 valence electrons. The summed E-state index contributed by atoms with van der Waals surface area (Å²) in [4.78, 5) is 35.3. The number of carbonyl (C=O) groups is 3. The predicted molar refractivity (Wildman–Crippen MR) is 92.3 cm³/mol. The molecule has 0 bridgehead atoms. The van der Waals surface area contributed by atoms with E-state index in [9.17, 15) is 14.4 Å². The fraction of sp³-hybridized carbons (Fsp3) is 0.833. The molecule has 0 heterocycles. The molecular weight excluding hydrogens is 308 g/mol. The van der Waals surface area contributed by atoms with Crippen LogP contribution in [-0.4, -0.2) is 30.1 Å². The van der Waals surface area contributed by atoms with Crippen LogP contribution < -0.4 is 10.6 Å². The van der Waals surface area contributed by atoms with E-state index in [4.69, 9.17) is 4.74 Å². The quantitative estimate of drug-likeness (QED) is 0.774. The van der Waals surface area contributed by atoms with E-state index in [1.54, 1.807) is 0 Å². The van der Waals surface area contributed by atoms with Gasteiger partial charge in [-0.1, -0.05) is 20.8 Å². The zero-order valence-electron chi connectivity index (χ0n) is 15.8. The number of urea groups is 1. The third kappa shape index (κ3) is 7.32. The van der Waals surface area contributed by atoms with E-state index < -0.39 is 24.1 Å². The minimum Gasteiger partial charge on any atom is -0.455 e. The summed E-state index contributed by atoms with van der Waals surface area (Å²) in [6, 6.07) is -0.589. The number of esters is 1.